The van der Waals surface area contributed by atoms with E-state index in [0.29, 0.717) is 12.1 Å². The summed E-state index contributed by atoms with van der Waals surface area (Å²) in [5.41, 5.74) is 0.412. The molecule has 144 valence electrons. The summed E-state index contributed by atoms with van der Waals surface area (Å²) in [4.78, 5) is 15.0. The van der Waals surface area contributed by atoms with E-state index in [1.54, 1.807) is 22.5 Å². The Morgan fingerprint density at radius 1 is 1.12 bits per heavy atom. The Labute approximate surface area is 156 Å². The summed E-state index contributed by atoms with van der Waals surface area (Å²) in [6, 6.07) is 6.60. The van der Waals surface area contributed by atoms with Gasteiger partial charge < -0.3 is 10.2 Å². The van der Waals surface area contributed by atoms with Gasteiger partial charge in [0.05, 0.1) is 4.90 Å². The summed E-state index contributed by atoms with van der Waals surface area (Å²) < 4.78 is 27.5. The standard InChI is InChI=1S/C19H29N3O3S/c1-15-6-3-4-11-22(15)26(24,25)18-8-5-7-16(14-18)19(23)20-17-9-12-21(2)13-10-17/h5,7-8,14-15,17H,3-4,6,9-13H2,1-2H3,(H,20,23). The van der Waals surface area contributed by atoms with Crippen LogP contribution in [-0.4, -0.2) is 62.3 Å². The van der Waals surface area contributed by atoms with Crippen molar-refractivity contribution in [1.29, 1.82) is 0 Å². The molecule has 0 aliphatic carbocycles. The number of likely N-dealkylation sites (tertiary alicyclic amines) is 1. The SMILES string of the molecule is CC1CCCCN1S(=O)(=O)c1cccc(C(=O)NC2CCN(C)CC2)c1. The first-order valence-corrected chi connectivity index (χ1v) is 10.9. The highest BCUT2D eigenvalue weighted by Crippen LogP contribution is 2.25. The van der Waals surface area contributed by atoms with Crippen LogP contribution in [0.5, 0.6) is 0 Å². The molecule has 0 spiro atoms. The van der Waals surface area contributed by atoms with Crippen LogP contribution in [-0.2, 0) is 10.0 Å². The third-order valence-corrected chi connectivity index (χ3v) is 7.51. The van der Waals surface area contributed by atoms with Gasteiger partial charge in [-0.05, 0) is 70.9 Å². The Hall–Kier alpha value is -1.44. The van der Waals surface area contributed by atoms with Crippen LogP contribution in [0.1, 0.15) is 49.4 Å². The van der Waals surface area contributed by atoms with Crippen molar-refractivity contribution in [2.45, 2.75) is 56.0 Å². The number of nitrogens with one attached hydrogen (secondary N) is 1. The van der Waals surface area contributed by atoms with Crippen LogP contribution < -0.4 is 5.32 Å². The van der Waals surface area contributed by atoms with Gasteiger partial charge in [-0.1, -0.05) is 12.5 Å². The van der Waals surface area contributed by atoms with Gasteiger partial charge >= 0.3 is 0 Å². The average Bonchev–Trinajstić information content (AvgIpc) is 2.64. The number of hydrogen-bond donors (Lipinski definition) is 1. The minimum Gasteiger partial charge on any atom is -0.349 e. The number of hydrogen-bond acceptors (Lipinski definition) is 4. The number of rotatable bonds is 4. The van der Waals surface area contributed by atoms with Crippen molar-refractivity contribution < 1.29 is 13.2 Å². The second kappa shape index (κ2) is 8.06. The van der Waals surface area contributed by atoms with E-state index in [0.717, 1.165) is 45.2 Å². The zero-order valence-corrected chi connectivity index (χ0v) is 16.5. The average molecular weight is 380 g/mol. The maximum atomic E-state index is 13.0. The topological polar surface area (TPSA) is 69.7 Å². The monoisotopic (exact) mass is 379 g/mol. The first-order chi connectivity index (χ1) is 12.4. The lowest BCUT2D eigenvalue weighted by molar-refractivity contribution is 0.0916. The Balaban J connectivity index is 1.74. The number of benzene rings is 1. The molecule has 1 unspecified atom stereocenters. The first kappa shape index (κ1) is 19.3. The molecule has 0 bridgehead atoms. The molecule has 6 nitrogen and oxygen atoms in total. The Morgan fingerprint density at radius 2 is 1.85 bits per heavy atom. The number of carbonyl (C=O) groups excluding carboxylic acids is 1. The lowest BCUT2D eigenvalue weighted by atomic mass is 10.0. The van der Waals surface area contributed by atoms with Gasteiger partial charge in [-0.3, -0.25) is 4.79 Å². The van der Waals surface area contributed by atoms with Gasteiger partial charge in [0.15, 0.2) is 0 Å². The third kappa shape index (κ3) is 4.27. The highest BCUT2D eigenvalue weighted by molar-refractivity contribution is 7.89. The normalized spacial score (nSPS) is 23.7. The molecule has 2 fully saturated rings. The number of amides is 1. The van der Waals surface area contributed by atoms with Crippen molar-refractivity contribution in [1.82, 2.24) is 14.5 Å². The summed E-state index contributed by atoms with van der Waals surface area (Å²) in [5, 5.41) is 3.05. The zero-order chi connectivity index (χ0) is 18.7. The molecule has 2 saturated heterocycles. The quantitative estimate of drug-likeness (QED) is 0.870. The van der Waals surface area contributed by atoms with E-state index in [4.69, 9.17) is 0 Å². The molecule has 3 rings (SSSR count). The van der Waals surface area contributed by atoms with Crippen molar-refractivity contribution in [3.8, 4) is 0 Å². The predicted octanol–water partition coefficient (Wildman–Crippen LogP) is 2.07. The van der Waals surface area contributed by atoms with Crippen molar-refractivity contribution in [2.75, 3.05) is 26.7 Å². The van der Waals surface area contributed by atoms with E-state index in [9.17, 15) is 13.2 Å². The van der Waals surface area contributed by atoms with Crippen LogP contribution in [0.2, 0.25) is 0 Å². The maximum Gasteiger partial charge on any atom is 0.251 e. The Bertz CT molecular complexity index is 742. The number of nitrogens with zero attached hydrogens (tertiary/aromatic N) is 2. The number of sulfonamides is 1. The van der Waals surface area contributed by atoms with Gasteiger partial charge in [0, 0.05) is 24.2 Å². The van der Waals surface area contributed by atoms with Gasteiger partial charge in [-0.25, -0.2) is 8.42 Å². The first-order valence-electron chi connectivity index (χ1n) is 9.49. The van der Waals surface area contributed by atoms with Crippen LogP contribution in [0.25, 0.3) is 0 Å². The molecule has 0 saturated carbocycles. The highest BCUT2D eigenvalue weighted by Gasteiger charge is 2.31. The molecule has 1 amide bonds. The smallest absolute Gasteiger partial charge is 0.251 e. The lowest BCUT2D eigenvalue weighted by Crippen LogP contribution is -2.43. The van der Waals surface area contributed by atoms with E-state index in [1.807, 2.05) is 6.92 Å². The molecular weight excluding hydrogens is 350 g/mol. The predicted molar refractivity (Wildman–Crippen MR) is 102 cm³/mol. The lowest BCUT2D eigenvalue weighted by Gasteiger charge is -2.32. The minimum atomic E-state index is -3.56. The maximum absolute atomic E-state index is 13.0. The number of carbonyl (C=O) groups is 1. The van der Waals surface area contributed by atoms with E-state index < -0.39 is 10.0 Å². The van der Waals surface area contributed by atoms with Gasteiger partial charge in [0.25, 0.3) is 5.91 Å². The zero-order valence-electron chi connectivity index (χ0n) is 15.6. The van der Waals surface area contributed by atoms with E-state index >= 15 is 0 Å². The van der Waals surface area contributed by atoms with Gasteiger partial charge in [-0.2, -0.15) is 4.31 Å². The minimum absolute atomic E-state index is 0.00506. The van der Waals surface area contributed by atoms with Gasteiger partial charge in [0.2, 0.25) is 10.0 Å². The fraction of sp³-hybridized carbons (Fsp3) is 0.632. The summed E-state index contributed by atoms with van der Waals surface area (Å²) in [6.07, 6.45) is 4.68. The molecule has 2 heterocycles. The third-order valence-electron chi connectivity index (χ3n) is 5.50. The second-order valence-electron chi connectivity index (χ2n) is 7.54. The van der Waals surface area contributed by atoms with Crippen LogP contribution in [0.15, 0.2) is 29.2 Å². The fourth-order valence-corrected chi connectivity index (χ4v) is 5.53. The molecule has 7 heteroatoms. The summed E-state index contributed by atoms with van der Waals surface area (Å²) in [5.74, 6) is -0.191. The van der Waals surface area contributed by atoms with Gasteiger partial charge in [-0.15, -0.1) is 0 Å². The molecule has 0 aromatic heterocycles. The van der Waals surface area contributed by atoms with Gasteiger partial charge in [0.1, 0.15) is 0 Å². The summed E-state index contributed by atoms with van der Waals surface area (Å²) in [7, 11) is -1.48. The molecule has 1 atom stereocenters. The summed E-state index contributed by atoms with van der Waals surface area (Å²) >= 11 is 0. The molecule has 26 heavy (non-hydrogen) atoms. The largest absolute Gasteiger partial charge is 0.349 e. The van der Waals surface area contributed by atoms with Crippen LogP contribution in [0.4, 0.5) is 0 Å². The van der Waals surface area contributed by atoms with Crippen LogP contribution in [0, 0.1) is 0 Å². The highest BCUT2D eigenvalue weighted by atomic mass is 32.2. The molecular formula is C19H29N3O3S. The van der Waals surface area contributed by atoms with Crippen molar-refractivity contribution in [3.63, 3.8) is 0 Å². The van der Waals surface area contributed by atoms with Crippen molar-refractivity contribution in [3.05, 3.63) is 29.8 Å². The second-order valence-corrected chi connectivity index (χ2v) is 9.43. The summed E-state index contributed by atoms with van der Waals surface area (Å²) in [6.45, 7) is 4.43. The van der Waals surface area contributed by atoms with Crippen molar-refractivity contribution in [2.24, 2.45) is 0 Å². The Kier molecular flexibility index (Phi) is 5.99. The van der Waals surface area contributed by atoms with Crippen LogP contribution in [0.3, 0.4) is 0 Å². The molecule has 2 aliphatic rings. The molecule has 2 aliphatic heterocycles. The molecule has 1 aromatic carbocycles. The van der Waals surface area contributed by atoms with E-state index in [2.05, 4.69) is 17.3 Å². The fourth-order valence-electron chi connectivity index (χ4n) is 3.78. The van der Waals surface area contributed by atoms with E-state index in [1.165, 1.54) is 6.07 Å². The van der Waals surface area contributed by atoms with Crippen molar-refractivity contribution >= 4 is 15.9 Å². The van der Waals surface area contributed by atoms with E-state index in [-0.39, 0.29) is 22.9 Å². The Morgan fingerprint density at radius 3 is 2.54 bits per heavy atom. The number of piperidine rings is 2. The van der Waals surface area contributed by atoms with Crippen LogP contribution >= 0.6 is 0 Å². The molecule has 0 radical (unpaired) electrons. The molecule has 1 N–H and O–H groups in total. The molecule has 1 aromatic rings.